The Labute approximate surface area is 122 Å². The molecule has 0 saturated carbocycles. The van der Waals surface area contributed by atoms with Crippen LogP contribution in [0.1, 0.15) is 22.5 Å². The summed E-state index contributed by atoms with van der Waals surface area (Å²) in [6.45, 7) is 1.35. The fourth-order valence-corrected chi connectivity index (χ4v) is 4.87. The maximum absolute atomic E-state index is 12.5. The lowest BCUT2D eigenvalue weighted by Gasteiger charge is -2.25. The van der Waals surface area contributed by atoms with E-state index in [0.717, 1.165) is 30.7 Å². The Bertz CT molecular complexity index is 596. The minimum atomic E-state index is -3.75. The van der Waals surface area contributed by atoms with Crippen molar-refractivity contribution in [2.45, 2.75) is 23.8 Å². The molecule has 1 unspecified atom stereocenters. The van der Waals surface area contributed by atoms with Gasteiger partial charge in [-0.05, 0) is 37.9 Å². The molecule has 0 amide bonds. The summed E-state index contributed by atoms with van der Waals surface area (Å²) in [6, 6.07) is 1.56. The van der Waals surface area contributed by atoms with Crippen LogP contribution < -0.4 is 0 Å². The Balaban J connectivity index is 2.21. The van der Waals surface area contributed by atoms with Crippen LogP contribution in [0.5, 0.6) is 0 Å². The Morgan fingerprint density at radius 1 is 1.60 bits per heavy atom. The number of carboxylic acids is 1. The van der Waals surface area contributed by atoms with Gasteiger partial charge in [0, 0.05) is 19.6 Å². The number of sulfonamides is 1. The molecule has 6 nitrogen and oxygen atoms in total. The molecule has 1 aliphatic heterocycles. The normalized spacial score (nSPS) is 20.6. The third-order valence-corrected chi connectivity index (χ3v) is 6.55. The molecule has 1 saturated heterocycles. The first-order valence-electron chi connectivity index (χ1n) is 6.31. The van der Waals surface area contributed by atoms with Crippen LogP contribution in [0.4, 0.5) is 0 Å². The van der Waals surface area contributed by atoms with Crippen LogP contribution in [0.15, 0.2) is 16.3 Å². The Kier molecular flexibility index (Phi) is 4.48. The van der Waals surface area contributed by atoms with Crippen molar-refractivity contribution in [3.8, 4) is 0 Å². The highest BCUT2D eigenvalue weighted by atomic mass is 32.2. The molecule has 2 heterocycles. The number of carboxylic acid groups (broad SMARTS) is 1. The lowest BCUT2D eigenvalue weighted by molar-refractivity contribution is 0.0698. The second-order valence-electron chi connectivity index (χ2n) is 4.98. The molecule has 1 N–H and O–H groups in total. The van der Waals surface area contributed by atoms with Crippen LogP contribution in [0.25, 0.3) is 0 Å². The van der Waals surface area contributed by atoms with E-state index in [1.807, 2.05) is 7.05 Å². The molecule has 0 aliphatic carbocycles. The number of carbonyl (C=O) groups is 1. The average molecular weight is 318 g/mol. The Hall–Kier alpha value is -0.960. The van der Waals surface area contributed by atoms with Crippen LogP contribution in [0.3, 0.4) is 0 Å². The van der Waals surface area contributed by atoms with E-state index in [1.165, 1.54) is 22.8 Å². The zero-order valence-corrected chi connectivity index (χ0v) is 13.1. The summed E-state index contributed by atoms with van der Waals surface area (Å²) in [5.74, 6) is -1.20. The largest absolute Gasteiger partial charge is 0.477 e. The molecule has 2 rings (SSSR count). The summed E-state index contributed by atoms with van der Waals surface area (Å²) in [7, 11) is -0.264. The van der Waals surface area contributed by atoms with Gasteiger partial charge >= 0.3 is 5.97 Å². The molecule has 1 aromatic heterocycles. The van der Waals surface area contributed by atoms with E-state index in [-0.39, 0.29) is 15.8 Å². The van der Waals surface area contributed by atoms with Crippen LogP contribution in [0.2, 0.25) is 0 Å². The summed E-state index contributed by atoms with van der Waals surface area (Å²) in [6.07, 6.45) is 2.03. The summed E-state index contributed by atoms with van der Waals surface area (Å²) in [5, 5.41) is 10.5. The standard InChI is InChI=1S/C12H18N2O4S2/c1-13-6-3-4-9(13)8-14(2)20(17,18)10-5-7-19-11(10)12(15)16/h5,7,9H,3-4,6,8H2,1-2H3,(H,15,16). The SMILES string of the molecule is CN1CCCC1CN(C)S(=O)(=O)c1ccsc1C(=O)O. The molecule has 1 fully saturated rings. The molecule has 1 aromatic rings. The van der Waals surface area contributed by atoms with Crippen molar-refractivity contribution in [2.24, 2.45) is 0 Å². The molecule has 1 atom stereocenters. The van der Waals surface area contributed by atoms with Crippen molar-refractivity contribution in [1.29, 1.82) is 0 Å². The van der Waals surface area contributed by atoms with Gasteiger partial charge in [-0.2, -0.15) is 4.31 Å². The van der Waals surface area contributed by atoms with Gasteiger partial charge in [0.1, 0.15) is 9.77 Å². The molecule has 0 bridgehead atoms. The van der Waals surface area contributed by atoms with Gasteiger partial charge in [-0.1, -0.05) is 0 Å². The number of rotatable bonds is 5. The molecule has 8 heteroatoms. The van der Waals surface area contributed by atoms with E-state index in [2.05, 4.69) is 4.90 Å². The lowest BCUT2D eigenvalue weighted by Crippen LogP contribution is -2.39. The van der Waals surface area contributed by atoms with Gasteiger partial charge < -0.3 is 10.0 Å². The van der Waals surface area contributed by atoms with Crippen molar-refractivity contribution in [3.63, 3.8) is 0 Å². The first-order chi connectivity index (χ1) is 9.34. The molecule has 112 valence electrons. The van der Waals surface area contributed by atoms with Crippen LogP contribution >= 0.6 is 11.3 Å². The molecular weight excluding hydrogens is 300 g/mol. The summed E-state index contributed by atoms with van der Waals surface area (Å²) in [4.78, 5) is 13.0. The predicted octanol–water partition coefficient (Wildman–Crippen LogP) is 1.16. The van der Waals surface area contributed by atoms with Gasteiger partial charge in [0.15, 0.2) is 0 Å². The van der Waals surface area contributed by atoms with Crippen molar-refractivity contribution in [2.75, 3.05) is 27.2 Å². The van der Waals surface area contributed by atoms with E-state index < -0.39 is 16.0 Å². The van der Waals surface area contributed by atoms with Crippen molar-refractivity contribution in [3.05, 3.63) is 16.3 Å². The number of aromatic carboxylic acids is 1. The molecule has 0 radical (unpaired) electrons. The number of hydrogen-bond donors (Lipinski definition) is 1. The number of likely N-dealkylation sites (tertiary alicyclic amines) is 1. The van der Waals surface area contributed by atoms with Gasteiger partial charge in [0.05, 0.1) is 0 Å². The topological polar surface area (TPSA) is 77.9 Å². The number of nitrogens with zero attached hydrogens (tertiary/aromatic N) is 2. The second kappa shape index (κ2) is 5.80. The molecular formula is C12H18N2O4S2. The number of likely N-dealkylation sites (N-methyl/N-ethyl adjacent to an activating group) is 2. The third kappa shape index (κ3) is 2.88. The van der Waals surface area contributed by atoms with Gasteiger partial charge in [0.2, 0.25) is 10.0 Å². The lowest BCUT2D eigenvalue weighted by atomic mass is 10.2. The Morgan fingerprint density at radius 2 is 2.30 bits per heavy atom. The highest BCUT2D eigenvalue weighted by Crippen LogP contribution is 2.26. The summed E-state index contributed by atoms with van der Waals surface area (Å²) < 4.78 is 26.2. The highest BCUT2D eigenvalue weighted by Gasteiger charge is 2.31. The van der Waals surface area contributed by atoms with Crippen LogP contribution in [-0.4, -0.2) is 61.9 Å². The quantitative estimate of drug-likeness (QED) is 0.881. The van der Waals surface area contributed by atoms with Crippen molar-refractivity contribution >= 4 is 27.3 Å². The van der Waals surface area contributed by atoms with Gasteiger partial charge in [-0.3, -0.25) is 0 Å². The van der Waals surface area contributed by atoms with Crippen molar-refractivity contribution in [1.82, 2.24) is 9.21 Å². The summed E-state index contributed by atoms with van der Waals surface area (Å²) in [5.41, 5.74) is 0. The second-order valence-corrected chi connectivity index (χ2v) is 7.91. The number of thiophene rings is 1. The molecule has 0 spiro atoms. The first kappa shape index (κ1) is 15.4. The fourth-order valence-electron chi connectivity index (χ4n) is 2.43. The third-order valence-electron chi connectivity index (χ3n) is 3.65. The fraction of sp³-hybridized carbons (Fsp3) is 0.583. The van der Waals surface area contributed by atoms with E-state index >= 15 is 0 Å². The van der Waals surface area contributed by atoms with Crippen LogP contribution in [0, 0.1) is 0 Å². The predicted molar refractivity (Wildman–Crippen MR) is 76.7 cm³/mol. The Morgan fingerprint density at radius 3 is 2.85 bits per heavy atom. The minimum absolute atomic E-state index is 0.113. The maximum Gasteiger partial charge on any atom is 0.347 e. The van der Waals surface area contributed by atoms with E-state index in [9.17, 15) is 13.2 Å². The van der Waals surface area contributed by atoms with Crippen molar-refractivity contribution < 1.29 is 18.3 Å². The van der Waals surface area contributed by atoms with Gasteiger partial charge in [0.25, 0.3) is 0 Å². The molecule has 20 heavy (non-hydrogen) atoms. The minimum Gasteiger partial charge on any atom is -0.477 e. The summed E-state index contributed by atoms with van der Waals surface area (Å²) >= 11 is 0.929. The van der Waals surface area contributed by atoms with Gasteiger partial charge in [-0.25, -0.2) is 13.2 Å². The van der Waals surface area contributed by atoms with Gasteiger partial charge in [-0.15, -0.1) is 11.3 Å². The zero-order chi connectivity index (χ0) is 14.9. The van der Waals surface area contributed by atoms with E-state index in [0.29, 0.717) is 6.54 Å². The highest BCUT2D eigenvalue weighted by molar-refractivity contribution is 7.89. The molecule has 0 aromatic carbocycles. The van der Waals surface area contributed by atoms with E-state index in [1.54, 1.807) is 0 Å². The maximum atomic E-state index is 12.5. The monoisotopic (exact) mass is 318 g/mol. The zero-order valence-electron chi connectivity index (χ0n) is 11.4. The van der Waals surface area contributed by atoms with E-state index in [4.69, 9.17) is 5.11 Å². The first-order valence-corrected chi connectivity index (χ1v) is 8.63. The number of hydrogen-bond acceptors (Lipinski definition) is 5. The average Bonchev–Trinajstić information content (AvgIpc) is 2.99. The van der Waals surface area contributed by atoms with Crippen LogP contribution in [-0.2, 0) is 10.0 Å². The smallest absolute Gasteiger partial charge is 0.347 e. The molecule has 1 aliphatic rings.